The van der Waals surface area contributed by atoms with E-state index in [-0.39, 0.29) is 5.91 Å². The fourth-order valence-electron chi connectivity index (χ4n) is 3.08. The molecule has 144 valence electrons. The van der Waals surface area contributed by atoms with Crippen LogP contribution in [0.25, 0.3) is 22.2 Å². The third kappa shape index (κ3) is 4.38. The first kappa shape index (κ1) is 19.7. The van der Waals surface area contributed by atoms with Crippen LogP contribution in [-0.4, -0.2) is 10.9 Å². The molecule has 1 heterocycles. The van der Waals surface area contributed by atoms with Crippen molar-refractivity contribution in [2.75, 3.05) is 0 Å². The number of benzene rings is 3. The molecule has 4 aromatic rings. The van der Waals surface area contributed by atoms with Gasteiger partial charge in [-0.3, -0.25) is 4.79 Å². The van der Waals surface area contributed by atoms with E-state index in [1.807, 2.05) is 36.4 Å². The molecule has 0 unspecified atom stereocenters. The van der Waals surface area contributed by atoms with Gasteiger partial charge in [-0.05, 0) is 48.0 Å². The summed E-state index contributed by atoms with van der Waals surface area (Å²) < 4.78 is 0. The Hall–Kier alpha value is -2.59. The third-order valence-electron chi connectivity index (χ3n) is 4.53. The van der Waals surface area contributed by atoms with Crippen molar-refractivity contribution in [2.24, 2.45) is 0 Å². The fourth-order valence-corrected chi connectivity index (χ4v) is 3.71. The van der Waals surface area contributed by atoms with Crippen LogP contribution in [0, 0.1) is 0 Å². The summed E-state index contributed by atoms with van der Waals surface area (Å²) in [5.74, 6) is -0.190. The predicted octanol–water partition coefficient (Wildman–Crippen LogP) is 6.79. The molecule has 0 aliphatic heterocycles. The minimum atomic E-state index is -0.190. The van der Waals surface area contributed by atoms with Gasteiger partial charge >= 0.3 is 0 Å². The average molecular weight is 442 g/mol. The molecule has 0 fully saturated rings. The number of rotatable bonds is 4. The van der Waals surface area contributed by atoms with E-state index < -0.39 is 0 Å². The van der Waals surface area contributed by atoms with Gasteiger partial charge in [0.1, 0.15) is 0 Å². The van der Waals surface area contributed by atoms with Crippen LogP contribution in [-0.2, 0) is 6.54 Å². The molecule has 6 heteroatoms. The van der Waals surface area contributed by atoms with Crippen LogP contribution in [0.15, 0.2) is 72.8 Å². The van der Waals surface area contributed by atoms with Crippen molar-refractivity contribution in [3.63, 3.8) is 0 Å². The largest absolute Gasteiger partial charge is 0.348 e. The van der Waals surface area contributed by atoms with E-state index in [1.165, 1.54) is 0 Å². The SMILES string of the molecule is O=C(NCc1ccc(Cl)cc1)c1cc(-c2ccc(Cl)cc2Cl)nc2ccccc12. The zero-order chi connectivity index (χ0) is 20.4. The Labute approximate surface area is 183 Å². The Morgan fingerprint density at radius 1 is 0.862 bits per heavy atom. The van der Waals surface area contributed by atoms with Gasteiger partial charge in [-0.2, -0.15) is 0 Å². The molecule has 1 aromatic heterocycles. The van der Waals surface area contributed by atoms with E-state index >= 15 is 0 Å². The van der Waals surface area contributed by atoms with Crippen LogP contribution in [0.2, 0.25) is 15.1 Å². The lowest BCUT2D eigenvalue weighted by Crippen LogP contribution is -2.23. The van der Waals surface area contributed by atoms with Crippen molar-refractivity contribution in [1.82, 2.24) is 10.3 Å². The van der Waals surface area contributed by atoms with E-state index in [2.05, 4.69) is 10.3 Å². The minimum Gasteiger partial charge on any atom is -0.348 e. The number of nitrogens with one attached hydrogen (secondary N) is 1. The van der Waals surface area contributed by atoms with Crippen molar-refractivity contribution in [1.29, 1.82) is 0 Å². The molecular formula is C23H15Cl3N2O. The summed E-state index contributed by atoms with van der Waals surface area (Å²) in [5.41, 5.74) is 3.54. The number of hydrogen-bond donors (Lipinski definition) is 1. The highest BCUT2D eigenvalue weighted by Gasteiger charge is 2.15. The minimum absolute atomic E-state index is 0.190. The van der Waals surface area contributed by atoms with Crippen LogP contribution in [0.1, 0.15) is 15.9 Å². The van der Waals surface area contributed by atoms with Gasteiger partial charge in [-0.25, -0.2) is 4.98 Å². The van der Waals surface area contributed by atoms with Crippen molar-refractivity contribution < 1.29 is 4.79 Å². The third-order valence-corrected chi connectivity index (χ3v) is 5.33. The highest BCUT2D eigenvalue weighted by molar-refractivity contribution is 6.36. The van der Waals surface area contributed by atoms with E-state index in [0.717, 1.165) is 10.9 Å². The number of fused-ring (bicyclic) bond motifs is 1. The van der Waals surface area contributed by atoms with Crippen molar-refractivity contribution in [2.45, 2.75) is 6.54 Å². The topological polar surface area (TPSA) is 42.0 Å². The lowest BCUT2D eigenvalue weighted by molar-refractivity contribution is 0.0952. The molecule has 0 spiro atoms. The number of nitrogens with zero attached hydrogens (tertiary/aromatic N) is 1. The highest BCUT2D eigenvalue weighted by atomic mass is 35.5. The van der Waals surface area contributed by atoms with Crippen LogP contribution < -0.4 is 5.32 Å². The molecule has 0 saturated heterocycles. The van der Waals surface area contributed by atoms with E-state index in [1.54, 1.807) is 36.4 Å². The molecule has 0 saturated carbocycles. The maximum atomic E-state index is 13.0. The molecule has 0 aliphatic carbocycles. The molecule has 3 nitrogen and oxygen atoms in total. The Balaban J connectivity index is 1.72. The molecule has 29 heavy (non-hydrogen) atoms. The summed E-state index contributed by atoms with van der Waals surface area (Å²) in [4.78, 5) is 17.7. The fraction of sp³-hybridized carbons (Fsp3) is 0.0435. The number of carbonyl (C=O) groups is 1. The second kappa shape index (κ2) is 8.42. The quantitative estimate of drug-likeness (QED) is 0.379. The van der Waals surface area contributed by atoms with E-state index in [9.17, 15) is 4.79 Å². The van der Waals surface area contributed by atoms with Crippen molar-refractivity contribution >= 4 is 51.6 Å². The second-order valence-electron chi connectivity index (χ2n) is 6.51. The monoisotopic (exact) mass is 440 g/mol. The predicted molar refractivity (Wildman–Crippen MR) is 120 cm³/mol. The summed E-state index contributed by atoms with van der Waals surface area (Å²) in [5, 5.41) is 5.42. The lowest BCUT2D eigenvalue weighted by Gasteiger charge is -2.12. The van der Waals surface area contributed by atoms with Crippen LogP contribution >= 0.6 is 34.8 Å². The number of hydrogen-bond acceptors (Lipinski definition) is 2. The molecule has 1 N–H and O–H groups in total. The Kier molecular flexibility index (Phi) is 5.72. The molecule has 0 bridgehead atoms. The average Bonchev–Trinajstić information content (AvgIpc) is 2.72. The van der Waals surface area contributed by atoms with Gasteiger partial charge in [0.05, 0.1) is 21.8 Å². The number of aromatic nitrogens is 1. The number of carbonyl (C=O) groups excluding carboxylic acids is 1. The number of amides is 1. The first-order chi connectivity index (χ1) is 14.0. The van der Waals surface area contributed by atoms with Crippen molar-refractivity contribution in [3.05, 3.63) is 99.0 Å². The maximum absolute atomic E-state index is 13.0. The van der Waals surface area contributed by atoms with E-state index in [4.69, 9.17) is 34.8 Å². The van der Waals surface area contributed by atoms with Crippen molar-refractivity contribution in [3.8, 4) is 11.3 Å². The highest BCUT2D eigenvalue weighted by Crippen LogP contribution is 2.31. The first-order valence-electron chi connectivity index (χ1n) is 8.89. The summed E-state index contributed by atoms with van der Waals surface area (Å²) in [6.45, 7) is 0.393. The number of pyridine rings is 1. The molecule has 3 aromatic carbocycles. The van der Waals surface area contributed by atoms with Crippen LogP contribution in [0.5, 0.6) is 0 Å². The van der Waals surface area contributed by atoms with Gasteiger partial charge in [0.25, 0.3) is 5.91 Å². The molecule has 1 amide bonds. The second-order valence-corrected chi connectivity index (χ2v) is 7.79. The lowest BCUT2D eigenvalue weighted by atomic mass is 10.0. The molecular weight excluding hydrogens is 427 g/mol. The van der Waals surface area contributed by atoms with Gasteiger partial charge in [0.15, 0.2) is 0 Å². The molecule has 0 radical (unpaired) electrons. The Morgan fingerprint density at radius 2 is 1.59 bits per heavy atom. The number of halogens is 3. The molecule has 4 rings (SSSR count). The smallest absolute Gasteiger partial charge is 0.252 e. The van der Waals surface area contributed by atoms with E-state index in [0.29, 0.717) is 44.0 Å². The summed E-state index contributed by atoms with van der Waals surface area (Å²) in [7, 11) is 0. The Morgan fingerprint density at radius 3 is 2.34 bits per heavy atom. The van der Waals surface area contributed by atoms with Gasteiger partial charge in [-0.1, -0.05) is 65.1 Å². The Bertz CT molecular complexity index is 1210. The zero-order valence-electron chi connectivity index (χ0n) is 15.1. The maximum Gasteiger partial charge on any atom is 0.252 e. The van der Waals surface area contributed by atoms with Gasteiger partial charge < -0.3 is 5.32 Å². The normalized spacial score (nSPS) is 10.9. The van der Waals surface area contributed by atoms with Gasteiger partial charge in [0.2, 0.25) is 0 Å². The first-order valence-corrected chi connectivity index (χ1v) is 10.0. The van der Waals surface area contributed by atoms with Gasteiger partial charge in [0, 0.05) is 27.5 Å². The zero-order valence-corrected chi connectivity index (χ0v) is 17.4. The number of para-hydroxylation sites is 1. The van der Waals surface area contributed by atoms with Crippen LogP contribution in [0.4, 0.5) is 0 Å². The summed E-state index contributed by atoms with van der Waals surface area (Å²) in [6, 6.07) is 21.9. The van der Waals surface area contributed by atoms with Crippen LogP contribution in [0.3, 0.4) is 0 Å². The molecule has 0 aliphatic rings. The van der Waals surface area contributed by atoms with Gasteiger partial charge in [-0.15, -0.1) is 0 Å². The standard InChI is InChI=1S/C23H15Cl3N2O/c24-15-7-5-14(6-8-15)13-27-23(29)19-12-22(18-10-9-16(25)11-20(18)26)28-21-4-2-1-3-17(19)21/h1-12H,13H2,(H,27,29). The molecule has 0 atom stereocenters. The summed E-state index contributed by atoms with van der Waals surface area (Å²) in [6.07, 6.45) is 0. The summed E-state index contributed by atoms with van der Waals surface area (Å²) >= 11 is 18.3.